The number of hydrogen-bond donors (Lipinski definition) is 1. The smallest absolute Gasteiger partial charge is 0.348 e. The summed E-state index contributed by atoms with van der Waals surface area (Å²) in [5.41, 5.74) is 1.52. The van der Waals surface area contributed by atoms with E-state index in [1.165, 1.54) is 49.8 Å². The molecular weight excluding hydrogens is 519 g/mol. The standard InChI is InChI=1S/C26H23FN2O6S2/c1-34-22-10-4-16(12-18(22)15-29(37(3,32)33)21-8-5-19(27)6-9-21)25(30)28-20-7-11-23-17(13-20)14-24(36-23)26(31)35-2/h4-14H,15H2,1-3H3,(H,28,30). The maximum atomic E-state index is 13.4. The van der Waals surface area contributed by atoms with Crippen LogP contribution in [-0.4, -0.2) is 40.8 Å². The third-order valence-corrected chi connectivity index (χ3v) is 7.77. The number of thiophene rings is 1. The van der Waals surface area contributed by atoms with Crippen molar-refractivity contribution in [1.82, 2.24) is 0 Å². The average Bonchev–Trinajstić information content (AvgIpc) is 3.30. The molecule has 1 amide bonds. The van der Waals surface area contributed by atoms with Gasteiger partial charge in [-0.15, -0.1) is 11.3 Å². The Balaban J connectivity index is 1.61. The van der Waals surface area contributed by atoms with E-state index in [2.05, 4.69) is 5.32 Å². The van der Waals surface area contributed by atoms with Gasteiger partial charge in [0.25, 0.3) is 5.91 Å². The van der Waals surface area contributed by atoms with Crippen molar-refractivity contribution in [3.8, 4) is 5.75 Å². The van der Waals surface area contributed by atoms with Gasteiger partial charge in [-0.25, -0.2) is 17.6 Å². The van der Waals surface area contributed by atoms with Crippen molar-refractivity contribution in [2.45, 2.75) is 6.54 Å². The van der Waals surface area contributed by atoms with Crippen LogP contribution < -0.4 is 14.4 Å². The minimum Gasteiger partial charge on any atom is -0.496 e. The van der Waals surface area contributed by atoms with Crippen molar-refractivity contribution in [2.75, 3.05) is 30.1 Å². The molecule has 11 heteroatoms. The van der Waals surface area contributed by atoms with Crippen molar-refractivity contribution in [1.29, 1.82) is 0 Å². The third kappa shape index (κ3) is 5.89. The number of anilines is 2. The Labute approximate surface area is 217 Å². The van der Waals surface area contributed by atoms with Crippen LogP contribution in [0.2, 0.25) is 0 Å². The molecular formula is C26H23FN2O6S2. The molecule has 37 heavy (non-hydrogen) atoms. The highest BCUT2D eigenvalue weighted by Crippen LogP contribution is 2.30. The Hall–Kier alpha value is -3.96. The molecule has 0 saturated heterocycles. The highest BCUT2D eigenvalue weighted by Gasteiger charge is 2.21. The molecule has 0 atom stereocenters. The fourth-order valence-electron chi connectivity index (χ4n) is 3.73. The number of nitrogens with zero attached hydrogens (tertiary/aromatic N) is 1. The van der Waals surface area contributed by atoms with E-state index in [0.717, 1.165) is 20.6 Å². The fraction of sp³-hybridized carbons (Fsp3) is 0.154. The lowest BCUT2D eigenvalue weighted by Crippen LogP contribution is -2.29. The monoisotopic (exact) mass is 542 g/mol. The quantitative estimate of drug-likeness (QED) is 0.313. The van der Waals surface area contributed by atoms with Crippen molar-refractivity contribution < 1.29 is 31.9 Å². The Morgan fingerprint density at radius 1 is 1.00 bits per heavy atom. The van der Waals surface area contributed by atoms with Crippen LogP contribution in [0, 0.1) is 5.82 Å². The van der Waals surface area contributed by atoms with Crippen LogP contribution in [0.4, 0.5) is 15.8 Å². The Kier molecular flexibility index (Phi) is 7.46. The maximum Gasteiger partial charge on any atom is 0.348 e. The number of halogens is 1. The molecule has 0 aliphatic carbocycles. The normalized spacial score (nSPS) is 11.2. The lowest BCUT2D eigenvalue weighted by molar-refractivity contribution is 0.0606. The van der Waals surface area contributed by atoms with Gasteiger partial charge in [-0.05, 0) is 72.1 Å². The third-order valence-electron chi connectivity index (χ3n) is 5.53. The number of methoxy groups -OCH3 is 2. The summed E-state index contributed by atoms with van der Waals surface area (Å²) in [6.07, 6.45) is 1.05. The van der Waals surface area contributed by atoms with E-state index in [4.69, 9.17) is 9.47 Å². The van der Waals surface area contributed by atoms with Gasteiger partial charge in [0, 0.05) is 21.5 Å². The van der Waals surface area contributed by atoms with E-state index >= 15 is 0 Å². The predicted octanol–water partition coefficient (Wildman–Crippen LogP) is 5.05. The summed E-state index contributed by atoms with van der Waals surface area (Å²) in [6.45, 7) is -0.133. The molecule has 4 rings (SSSR count). The molecule has 8 nitrogen and oxygen atoms in total. The number of sulfonamides is 1. The van der Waals surface area contributed by atoms with Gasteiger partial charge in [-0.3, -0.25) is 9.10 Å². The molecule has 0 fully saturated rings. The second-order valence-electron chi connectivity index (χ2n) is 8.08. The number of benzene rings is 3. The van der Waals surface area contributed by atoms with Gasteiger partial charge in [0.1, 0.15) is 16.4 Å². The molecule has 3 aromatic carbocycles. The molecule has 0 aliphatic heterocycles. The Bertz CT molecular complexity index is 1580. The van der Waals surface area contributed by atoms with Crippen molar-refractivity contribution >= 4 is 54.7 Å². The summed E-state index contributed by atoms with van der Waals surface area (Å²) in [6, 6.07) is 16.8. The van der Waals surface area contributed by atoms with Gasteiger partial charge < -0.3 is 14.8 Å². The van der Waals surface area contributed by atoms with Gasteiger partial charge in [-0.1, -0.05) is 0 Å². The molecule has 0 spiro atoms. The zero-order valence-corrected chi connectivity index (χ0v) is 21.8. The SMILES string of the molecule is COC(=O)c1cc2cc(NC(=O)c3ccc(OC)c(CN(c4ccc(F)cc4)S(C)(=O)=O)c3)ccc2s1. The van der Waals surface area contributed by atoms with E-state index in [0.29, 0.717) is 21.9 Å². The van der Waals surface area contributed by atoms with Gasteiger partial charge >= 0.3 is 5.97 Å². The summed E-state index contributed by atoms with van der Waals surface area (Å²) in [5.74, 6) is -0.946. The van der Waals surface area contributed by atoms with Crippen LogP contribution in [0.5, 0.6) is 5.75 Å². The van der Waals surface area contributed by atoms with E-state index < -0.39 is 27.7 Å². The van der Waals surface area contributed by atoms with E-state index in [1.54, 1.807) is 42.5 Å². The first-order valence-electron chi connectivity index (χ1n) is 10.9. The molecule has 1 N–H and O–H groups in total. The molecule has 1 heterocycles. The number of rotatable bonds is 8. The van der Waals surface area contributed by atoms with Crippen LogP contribution >= 0.6 is 11.3 Å². The van der Waals surface area contributed by atoms with E-state index in [9.17, 15) is 22.4 Å². The van der Waals surface area contributed by atoms with Crippen LogP contribution in [0.1, 0.15) is 25.6 Å². The topological polar surface area (TPSA) is 102 Å². The largest absolute Gasteiger partial charge is 0.496 e. The zero-order valence-electron chi connectivity index (χ0n) is 20.1. The van der Waals surface area contributed by atoms with Crippen molar-refractivity contribution in [3.05, 3.63) is 88.6 Å². The predicted molar refractivity (Wildman–Crippen MR) is 142 cm³/mol. The first-order valence-corrected chi connectivity index (χ1v) is 13.6. The fourth-order valence-corrected chi connectivity index (χ4v) is 5.57. The van der Waals surface area contributed by atoms with Crippen LogP contribution in [-0.2, 0) is 21.3 Å². The number of nitrogens with one attached hydrogen (secondary N) is 1. The molecule has 192 valence electrons. The van der Waals surface area contributed by atoms with Gasteiger partial charge in [-0.2, -0.15) is 0 Å². The van der Waals surface area contributed by atoms with Crippen LogP contribution in [0.15, 0.2) is 66.7 Å². The number of ether oxygens (including phenoxy) is 2. The maximum absolute atomic E-state index is 13.4. The minimum absolute atomic E-state index is 0.133. The minimum atomic E-state index is -3.74. The zero-order chi connectivity index (χ0) is 26.7. The first kappa shape index (κ1) is 26.1. The second-order valence-corrected chi connectivity index (χ2v) is 11.1. The highest BCUT2D eigenvalue weighted by molar-refractivity contribution is 7.92. The van der Waals surface area contributed by atoms with Crippen LogP contribution in [0.25, 0.3) is 10.1 Å². The number of fused-ring (bicyclic) bond motifs is 1. The first-order chi connectivity index (χ1) is 17.6. The van der Waals surface area contributed by atoms with E-state index in [-0.39, 0.29) is 17.8 Å². The molecule has 0 aliphatic rings. The summed E-state index contributed by atoms with van der Waals surface area (Å²) in [7, 11) is -0.980. The van der Waals surface area contributed by atoms with Gasteiger partial charge in [0.05, 0.1) is 32.7 Å². The average molecular weight is 543 g/mol. The summed E-state index contributed by atoms with van der Waals surface area (Å²) in [5, 5.41) is 3.60. The number of esters is 1. The Morgan fingerprint density at radius 2 is 1.73 bits per heavy atom. The Morgan fingerprint density at radius 3 is 2.38 bits per heavy atom. The summed E-state index contributed by atoms with van der Waals surface area (Å²) >= 11 is 1.29. The van der Waals surface area contributed by atoms with Crippen molar-refractivity contribution in [3.63, 3.8) is 0 Å². The van der Waals surface area contributed by atoms with E-state index in [1.807, 2.05) is 0 Å². The number of hydrogen-bond acceptors (Lipinski definition) is 7. The molecule has 0 unspecified atom stereocenters. The lowest BCUT2D eigenvalue weighted by Gasteiger charge is -2.24. The van der Waals surface area contributed by atoms with Crippen LogP contribution in [0.3, 0.4) is 0 Å². The van der Waals surface area contributed by atoms with Gasteiger partial charge in [0.15, 0.2) is 0 Å². The summed E-state index contributed by atoms with van der Waals surface area (Å²) in [4.78, 5) is 25.3. The molecule has 1 aromatic heterocycles. The highest BCUT2D eigenvalue weighted by atomic mass is 32.2. The molecule has 4 aromatic rings. The lowest BCUT2D eigenvalue weighted by atomic mass is 10.1. The number of amides is 1. The molecule has 0 saturated carbocycles. The summed E-state index contributed by atoms with van der Waals surface area (Å²) < 4.78 is 50.6. The number of carbonyl (C=O) groups excluding carboxylic acids is 2. The second kappa shape index (κ2) is 10.6. The number of carbonyl (C=O) groups is 2. The molecule has 0 bridgehead atoms. The molecule has 0 radical (unpaired) electrons. The van der Waals surface area contributed by atoms with Crippen molar-refractivity contribution in [2.24, 2.45) is 0 Å². The van der Waals surface area contributed by atoms with Gasteiger partial charge in [0.2, 0.25) is 10.0 Å².